The van der Waals surface area contributed by atoms with Gasteiger partial charge in [-0.25, -0.2) is 4.79 Å². The zero-order chi connectivity index (χ0) is 24.8. The van der Waals surface area contributed by atoms with Gasteiger partial charge in [0.2, 0.25) is 0 Å². The third-order valence-electron chi connectivity index (χ3n) is 4.71. The van der Waals surface area contributed by atoms with Gasteiger partial charge >= 0.3 is 5.97 Å². The second kappa shape index (κ2) is 11.9. The minimum atomic E-state index is -0.532. The van der Waals surface area contributed by atoms with Gasteiger partial charge in [0.25, 0.3) is 5.91 Å². The Morgan fingerprint density at radius 2 is 1.59 bits per heavy atom. The molecule has 5 nitrogen and oxygen atoms in total. The number of halogens is 4. The molecule has 1 amide bonds. The van der Waals surface area contributed by atoms with Crippen LogP contribution in [0.5, 0.6) is 0 Å². The monoisotopic (exact) mass is 554 g/mol. The minimum absolute atomic E-state index is 0.0703. The molecule has 0 aromatic heterocycles. The van der Waals surface area contributed by atoms with Gasteiger partial charge < -0.3 is 9.64 Å². The standard InChI is InChI=1S/C24H18Cl4N2O3S/c1-2-33-23(32)14-6-9-16(10-7-14)30(13-18-19(26)4-3-5-20(18)27)24(34)29-22(31)17-12-15(25)8-11-21(17)28/h3-12H,2,13H2,1H3,(H,29,31,34). The molecule has 10 heteroatoms. The highest BCUT2D eigenvalue weighted by Gasteiger charge is 2.21. The normalized spacial score (nSPS) is 10.5. The first kappa shape index (κ1) is 26.3. The molecule has 3 rings (SSSR count). The summed E-state index contributed by atoms with van der Waals surface area (Å²) in [4.78, 5) is 26.5. The lowest BCUT2D eigenvalue weighted by Crippen LogP contribution is -2.42. The van der Waals surface area contributed by atoms with Crippen LogP contribution < -0.4 is 10.2 Å². The summed E-state index contributed by atoms with van der Waals surface area (Å²) >= 11 is 30.5. The third-order valence-corrected chi connectivity index (χ3v) is 6.30. The van der Waals surface area contributed by atoms with E-state index in [0.29, 0.717) is 31.9 Å². The number of rotatable bonds is 6. The summed E-state index contributed by atoms with van der Waals surface area (Å²) in [5, 5.41) is 4.21. The lowest BCUT2D eigenvalue weighted by molar-refractivity contribution is 0.0526. The van der Waals surface area contributed by atoms with Gasteiger partial charge in [0.1, 0.15) is 0 Å². The Balaban J connectivity index is 1.94. The van der Waals surface area contributed by atoms with Crippen molar-refractivity contribution in [3.05, 3.63) is 97.4 Å². The van der Waals surface area contributed by atoms with Crippen LogP contribution in [0.2, 0.25) is 20.1 Å². The highest BCUT2D eigenvalue weighted by molar-refractivity contribution is 7.80. The van der Waals surface area contributed by atoms with Crippen molar-refractivity contribution in [3.8, 4) is 0 Å². The highest BCUT2D eigenvalue weighted by Crippen LogP contribution is 2.28. The number of carbonyl (C=O) groups is 2. The van der Waals surface area contributed by atoms with E-state index in [4.69, 9.17) is 63.4 Å². The molecule has 1 N–H and O–H groups in total. The summed E-state index contributed by atoms with van der Waals surface area (Å²) in [7, 11) is 0. The smallest absolute Gasteiger partial charge is 0.338 e. The number of nitrogens with one attached hydrogen (secondary N) is 1. The molecule has 176 valence electrons. The van der Waals surface area contributed by atoms with E-state index in [2.05, 4.69) is 5.32 Å². The molecule has 34 heavy (non-hydrogen) atoms. The molecule has 0 atom stereocenters. The number of amides is 1. The van der Waals surface area contributed by atoms with Crippen molar-refractivity contribution < 1.29 is 14.3 Å². The number of nitrogens with zero attached hydrogens (tertiary/aromatic N) is 1. The Hall–Kier alpha value is -2.35. The van der Waals surface area contributed by atoms with Gasteiger partial charge in [-0.15, -0.1) is 0 Å². The average Bonchev–Trinajstić information content (AvgIpc) is 2.80. The molecule has 0 saturated carbocycles. The van der Waals surface area contributed by atoms with Gasteiger partial charge in [-0.2, -0.15) is 0 Å². The number of hydrogen-bond acceptors (Lipinski definition) is 4. The number of anilines is 1. The van der Waals surface area contributed by atoms with Crippen LogP contribution in [0, 0.1) is 0 Å². The van der Waals surface area contributed by atoms with Gasteiger partial charge in [0.15, 0.2) is 5.11 Å². The fraction of sp³-hybridized carbons (Fsp3) is 0.125. The Morgan fingerprint density at radius 1 is 0.941 bits per heavy atom. The Kier molecular flexibility index (Phi) is 9.17. The SMILES string of the molecule is CCOC(=O)c1ccc(N(Cc2c(Cl)cccc2Cl)C(=S)NC(=O)c2cc(Cl)ccc2Cl)cc1. The van der Waals surface area contributed by atoms with Crippen molar-refractivity contribution >= 4 is 81.3 Å². The van der Waals surface area contributed by atoms with Gasteiger partial charge in [-0.1, -0.05) is 52.5 Å². The molecule has 0 heterocycles. The van der Waals surface area contributed by atoms with E-state index in [1.54, 1.807) is 60.4 Å². The van der Waals surface area contributed by atoms with Gasteiger partial charge in [0.05, 0.1) is 29.3 Å². The fourth-order valence-corrected chi connectivity index (χ4v) is 4.17. The van der Waals surface area contributed by atoms with E-state index in [1.807, 2.05) is 0 Å². The summed E-state index contributed by atoms with van der Waals surface area (Å²) in [6.07, 6.45) is 0. The maximum absolute atomic E-state index is 12.9. The van der Waals surface area contributed by atoms with E-state index >= 15 is 0 Å². The number of ether oxygens (including phenoxy) is 1. The summed E-state index contributed by atoms with van der Waals surface area (Å²) < 4.78 is 5.03. The van der Waals surface area contributed by atoms with Crippen molar-refractivity contribution in [2.45, 2.75) is 13.5 Å². The molecular formula is C24H18Cl4N2O3S. The van der Waals surface area contributed by atoms with E-state index in [9.17, 15) is 9.59 Å². The maximum Gasteiger partial charge on any atom is 0.338 e. The molecule has 0 aliphatic heterocycles. The molecule has 0 bridgehead atoms. The molecule has 0 radical (unpaired) electrons. The second-order valence-corrected chi connectivity index (χ2v) is 8.98. The van der Waals surface area contributed by atoms with Crippen molar-refractivity contribution in [1.82, 2.24) is 5.32 Å². The van der Waals surface area contributed by atoms with E-state index in [0.717, 1.165) is 0 Å². The Morgan fingerprint density at radius 3 is 2.21 bits per heavy atom. The van der Waals surface area contributed by atoms with Gasteiger partial charge in [-0.3, -0.25) is 10.1 Å². The first-order valence-electron chi connectivity index (χ1n) is 9.99. The molecule has 0 aliphatic carbocycles. The van der Waals surface area contributed by atoms with E-state index in [-0.39, 0.29) is 28.9 Å². The summed E-state index contributed by atoms with van der Waals surface area (Å²) in [6, 6.07) is 16.3. The number of esters is 1. The maximum atomic E-state index is 12.9. The molecule has 0 fully saturated rings. The number of thiocarbonyl (C=S) groups is 1. The number of benzene rings is 3. The highest BCUT2D eigenvalue weighted by atomic mass is 35.5. The van der Waals surface area contributed by atoms with Crippen molar-refractivity contribution in [2.24, 2.45) is 0 Å². The van der Waals surface area contributed by atoms with Crippen LogP contribution in [0.25, 0.3) is 0 Å². The second-order valence-electron chi connectivity index (χ2n) is 6.94. The molecule has 0 unspecified atom stereocenters. The molecule has 0 aliphatic rings. The average molecular weight is 556 g/mol. The van der Waals surface area contributed by atoms with Crippen molar-refractivity contribution in [3.63, 3.8) is 0 Å². The van der Waals surface area contributed by atoms with Crippen LogP contribution >= 0.6 is 58.6 Å². The van der Waals surface area contributed by atoms with Gasteiger partial charge in [0, 0.05) is 26.3 Å². The van der Waals surface area contributed by atoms with E-state index in [1.165, 1.54) is 12.1 Å². The first-order valence-corrected chi connectivity index (χ1v) is 11.9. The quantitative estimate of drug-likeness (QED) is 0.257. The molecule has 3 aromatic carbocycles. The van der Waals surface area contributed by atoms with Gasteiger partial charge in [-0.05, 0) is 73.7 Å². The van der Waals surface area contributed by atoms with Crippen molar-refractivity contribution in [1.29, 1.82) is 0 Å². The van der Waals surface area contributed by atoms with Crippen LogP contribution in [0.15, 0.2) is 60.7 Å². The summed E-state index contributed by atoms with van der Waals surface area (Å²) in [5.41, 5.74) is 1.75. The predicted molar refractivity (Wildman–Crippen MR) is 142 cm³/mol. The first-order chi connectivity index (χ1) is 16.2. The van der Waals surface area contributed by atoms with Crippen LogP contribution in [-0.4, -0.2) is 23.6 Å². The van der Waals surface area contributed by atoms with E-state index < -0.39 is 11.9 Å². The molecule has 0 saturated heterocycles. The lowest BCUT2D eigenvalue weighted by atomic mass is 10.1. The van der Waals surface area contributed by atoms with Crippen LogP contribution in [-0.2, 0) is 11.3 Å². The Labute approximate surface area is 222 Å². The van der Waals surface area contributed by atoms with Crippen LogP contribution in [0.4, 0.5) is 5.69 Å². The summed E-state index contributed by atoms with van der Waals surface area (Å²) in [6.45, 7) is 2.15. The Bertz CT molecular complexity index is 1220. The largest absolute Gasteiger partial charge is 0.462 e. The third kappa shape index (κ3) is 6.40. The zero-order valence-corrected chi connectivity index (χ0v) is 21.6. The van der Waals surface area contributed by atoms with Crippen molar-refractivity contribution in [2.75, 3.05) is 11.5 Å². The fourth-order valence-electron chi connectivity index (χ4n) is 3.02. The predicted octanol–water partition coefficient (Wildman–Crippen LogP) is 7.20. The molecule has 3 aromatic rings. The summed E-state index contributed by atoms with van der Waals surface area (Å²) in [5.74, 6) is -0.975. The zero-order valence-electron chi connectivity index (χ0n) is 17.8. The van der Waals surface area contributed by atoms with Crippen LogP contribution in [0.1, 0.15) is 33.2 Å². The topological polar surface area (TPSA) is 58.6 Å². The van der Waals surface area contributed by atoms with Crippen LogP contribution in [0.3, 0.4) is 0 Å². The molecular weight excluding hydrogens is 538 g/mol. The number of carbonyl (C=O) groups excluding carboxylic acids is 2. The number of hydrogen-bond donors (Lipinski definition) is 1. The molecule has 0 spiro atoms. The lowest BCUT2D eigenvalue weighted by Gasteiger charge is -2.27. The minimum Gasteiger partial charge on any atom is -0.462 e.